The highest BCUT2D eigenvalue weighted by atomic mass is 16.8. The summed E-state index contributed by atoms with van der Waals surface area (Å²) >= 11 is 0. The van der Waals surface area contributed by atoms with Crippen LogP contribution in [0.25, 0.3) is 0 Å². The maximum absolute atomic E-state index is 11.4. The lowest BCUT2D eigenvalue weighted by Crippen LogP contribution is -2.44. The first kappa shape index (κ1) is 19.4. The van der Waals surface area contributed by atoms with Crippen LogP contribution in [-0.2, 0) is 42.9 Å². The SMILES string of the molecule is C#C[C@H](OC(C)=O)[C@H]1OC(OC(C)=O)[C@H](OC(C)=O)C1OC(C)=O. The minimum atomic E-state index is -1.37. The molecule has 1 heterocycles. The van der Waals surface area contributed by atoms with Gasteiger partial charge in [-0.1, -0.05) is 5.92 Å². The number of rotatable bonds is 5. The van der Waals surface area contributed by atoms with Crippen molar-refractivity contribution in [3.05, 3.63) is 0 Å². The Kier molecular flexibility index (Phi) is 6.73. The van der Waals surface area contributed by atoms with E-state index in [2.05, 4.69) is 5.92 Å². The van der Waals surface area contributed by atoms with Gasteiger partial charge in [0.15, 0.2) is 18.3 Å². The van der Waals surface area contributed by atoms with Gasteiger partial charge < -0.3 is 23.7 Å². The van der Waals surface area contributed by atoms with Crippen LogP contribution in [0.4, 0.5) is 0 Å². The summed E-state index contributed by atoms with van der Waals surface area (Å²) < 4.78 is 25.4. The van der Waals surface area contributed by atoms with E-state index in [0.717, 1.165) is 27.7 Å². The van der Waals surface area contributed by atoms with Gasteiger partial charge in [0.05, 0.1) is 0 Å². The Hall–Kier alpha value is -2.60. The number of terminal acetylenes is 1. The van der Waals surface area contributed by atoms with Gasteiger partial charge in [-0.05, 0) is 0 Å². The Morgan fingerprint density at radius 1 is 0.875 bits per heavy atom. The van der Waals surface area contributed by atoms with Crippen LogP contribution in [-0.4, -0.2) is 54.6 Å². The van der Waals surface area contributed by atoms with Crippen LogP contribution in [0, 0.1) is 12.3 Å². The molecule has 0 radical (unpaired) electrons. The average Bonchev–Trinajstić information content (AvgIpc) is 2.72. The van der Waals surface area contributed by atoms with Crippen LogP contribution in [0.2, 0.25) is 0 Å². The molecule has 0 spiro atoms. The van der Waals surface area contributed by atoms with Gasteiger partial charge in [0, 0.05) is 27.7 Å². The molecule has 0 amide bonds. The van der Waals surface area contributed by atoms with Crippen molar-refractivity contribution < 1.29 is 42.9 Å². The third kappa shape index (κ3) is 5.24. The molecule has 1 fully saturated rings. The van der Waals surface area contributed by atoms with Crippen molar-refractivity contribution in [1.82, 2.24) is 0 Å². The molecule has 0 aromatic carbocycles. The van der Waals surface area contributed by atoms with Crippen molar-refractivity contribution in [2.75, 3.05) is 0 Å². The molecule has 1 aliphatic heterocycles. The molecule has 9 heteroatoms. The molecule has 0 aromatic rings. The van der Waals surface area contributed by atoms with Crippen LogP contribution < -0.4 is 0 Å². The highest BCUT2D eigenvalue weighted by Gasteiger charge is 2.54. The van der Waals surface area contributed by atoms with Gasteiger partial charge >= 0.3 is 23.9 Å². The molecule has 2 unspecified atom stereocenters. The summed E-state index contributed by atoms with van der Waals surface area (Å²) in [7, 11) is 0. The molecule has 0 N–H and O–H groups in total. The molecule has 9 nitrogen and oxygen atoms in total. The number of carbonyl (C=O) groups is 4. The van der Waals surface area contributed by atoms with Gasteiger partial charge in [-0.25, -0.2) is 0 Å². The Morgan fingerprint density at radius 3 is 1.79 bits per heavy atom. The number of esters is 4. The summed E-state index contributed by atoms with van der Waals surface area (Å²) in [5, 5.41) is 0. The summed E-state index contributed by atoms with van der Waals surface area (Å²) in [5.74, 6) is -0.658. The fourth-order valence-electron chi connectivity index (χ4n) is 2.17. The van der Waals surface area contributed by atoms with Gasteiger partial charge in [-0.15, -0.1) is 6.42 Å². The standard InChI is InChI=1S/C15H18O9/c1-6-11(20-7(2)16)12-13(21-8(3)17)14(22-9(4)18)15(24-12)23-10(5)19/h1,11-15H,2-5H3/t11-,12+,13?,14+,15?/m0/s1. The predicted molar refractivity (Wildman–Crippen MR) is 75.9 cm³/mol. The lowest BCUT2D eigenvalue weighted by Gasteiger charge is -2.24. The first-order valence-electron chi connectivity index (χ1n) is 6.96. The molecule has 1 aliphatic rings. The summed E-state index contributed by atoms with van der Waals surface area (Å²) in [5.41, 5.74) is 0. The van der Waals surface area contributed by atoms with Crippen LogP contribution in [0.3, 0.4) is 0 Å². The number of ether oxygens (including phenoxy) is 5. The predicted octanol–water partition coefficient (Wildman–Crippen LogP) is -0.297. The fraction of sp³-hybridized carbons (Fsp3) is 0.600. The monoisotopic (exact) mass is 342 g/mol. The van der Waals surface area contributed by atoms with E-state index >= 15 is 0 Å². The lowest BCUT2D eigenvalue weighted by molar-refractivity contribution is -0.199. The number of carbonyl (C=O) groups excluding carboxylic acids is 4. The molecular weight excluding hydrogens is 324 g/mol. The quantitative estimate of drug-likeness (QED) is 0.377. The zero-order valence-electron chi connectivity index (χ0n) is 13.6. The maximum Gasteiger partial charge on any atom is 0.305 e. The van der Waals surface area contributed by atoms with Crippen molar-refractivity contribution in [3.63, 3.8) is 0 Å². The molecule has 132 valence electrons. The van der Waals surface area contributed by atoms with Gasteiger partial charge in [0.1, 0.15) is 0 Å². The minimum Gasteiger partial charge on any atom is -0.455 e. The van der Waals surface area contributed by atoms with E-state index in [1.54, 1.807) is 0 Å². The Bertz CT molecular complexity index is 562. The lowest BCUT2D eigenvalue weighted by atomic mass is 10.1. The van der Waals surface area contributed by atoms with Crippen molar-refractivity contribution >= 4 is 23.9 Å². The molecule has 0 aromatic heterocycles. The molecule has 5 atom stereocenters. The molecule has 0 bridgehead atoms. The summed E-state index contributed by atoms with van der Waals surface area (Å²) in [6.07, 6.45) is -0.956. The van der Waals surface area contributed by atoms with E-state index in [9.17, 15) is 19.2 Å². The van der Waals surface area contributed by atoms with E-state index in [4.69, 9.17) is 30.1 Å². The van der Waals surface area contributed by atoms with Gasteiger partial charge in [0.25, 0.3) is 0 Å². The fourth-order valence-corrected chi connectivity index (χ4v) is 2.17. The first-order chi connectivity index (χ1) is 11.1. The zero-order valence-corrected chi connectivity index (χ0v) is 13.6. The topological polar surface area (TPSA) is 114 Å². The van der Waals surface area contributed by atoms with Crippen molar-refractivity contribution in [3.8, 4) is 12.3 Å². The molecule has 1 saturated heterocycles. The number of hydrogen-bond donors (Lipinski definition) is 0. The Morgan fingerprint density at radius 2 is 1.38 bits per heavy atom. The highest BCUT2D eigenvalue weighted by molar-refractivity contribution is 5.69. The molecule has 0 aliphatic carbocycles. The first-order valence-corrected chi connectivity index (χ1v) is 6.96. The van der Waals surface area contributed by atoms with Crippen LogP contribution in [0.1, 0.15) is 27.7 Å². The summed E-state index contributed by atoms with van der Waals surface area (Å²) in [6.45, 7) is 4.49. The average molecular weight is 342 g/mol. The smallest absolute Gasteiger partial charge is 0.305 e. The van der Waals surface area contributed by atoms with Crippen LogP contribution in [0.5, 0.6) is 0 Å². The van der Waals surface area contributed by atoms with E-state index in [0.29, 0.717) is 0 Å². The second-order valence-corrected chi connectivity index (χ2v) is 4.92. The van der Waals surface area contributed by atoms with Crippen molar-refractivity contribution in [2.45, 2.75) is 58.4 Å². The molecular formula is C15H18O9. The minimum absolute atomic E-state index is 0.692. The van der Waals surface area contributed by atoms with E-state index in [-0.39, 0.29) is 0 Å². The third-order valence-electron chi connectivity index (χ3n) is 2.85. The van der Waals surface area contributed by atoms with Gasteiger partial charge in [0.2, 0.25) is 12.4 Å². The van der Waals surface area contributed by atoms with E-state index in [1.165, 1.54) is 0 Å². The molecule has 0 saturated carbocycles. The number of hydrogen-bond acceptors (Lipinski definition) is 9. The Balaban J connectivity index is 3.16. The van der Waals surface area contributed by atoms with E-state index < -0.39 is 54.6 Å². The normalized spacial score (nSPS) is 26.6. The van der Waals surface area contributed by atoms with Crippen molar-refractivity contribution in [1.29, 1.82) is 0 Å². The van der Waals surface area contributed by atoms with E-state index in [1.807, 2.05) is 0 Å². The largest absolute Gasteiger partial charge is 0.455 e. The van der Waals surface area contributed by atoms with Gasteiger partial charge in [-0.2, -0.15) is 0 Å². The summed E-state index contributed by atoms with van der Waals surface area (Å²) in [4.78, 5) is 45.0. The highest BCUT2D eigenvalue weighted by Crippen LogP contribution is 2.31. The zero-order chi connectivity index (χ0) is 18.4. The molecule has 1 rings (SSSR count). The second-order valence-electron chi connectivity index (χ2n) is 4.92. The third-order valence-corrected chi connectivity index (χ3v) is 2.85. The van der Waals surface area contributed by atoms with Crippen LogP contribution in [0.15, 0.2) is 0 Å². The van der Waals surface area contributed by atoms with Crippen LogP contribution >= 0.6 is 0 Å². The Labute approximate surface area is 138 Å². The van der Waals surface area contributed by atoms with Gasteiger partial charge in [-0.3, -0.25) is 19.2 Å². The summed E-state index contributed by atoms with van der Waals surface area (Å²) in [6, 6.07) is 0. The second kappa shape index (κ2) is 8.31. The van der Waals surface area contributed by atoms with Crippen molar-refractivity contribution in [2.24, 2.45) is 0 Å². The maximum atomic E-state index is 11.4. The molecule has 24 heavy (non-hydrogen) atoms.